The van der Waals surface area contributed by atoms with Crippen molar-refractivity contribution in [1.82, 2.24) is 14.9 Å². The van der Waals surface area contributed by atoms with Gasteiger partial charge in [-0.1, -0.05) is 25.5 Å². The molecule has 2 fully saturated rings. The average molecular weight is 559 g/mol. The number of anilines is 1. The predicted molar refractivity (Wildman–Crippen MR) is 149 cm³/mol. The summed E-state index contributed by atoms with van der Waals surface area (Å²) in [7, 11) is 0. The second kappa shape index (κ2) is 11.9. The Morgan fingerprint density at radius 1 is 1.18 bits per heavy atom. The smallest absolute Gasteiger partial charge is 0.389 e. The molecule has 5 rings (SSSR count). The van der Waals surface area contributed by atoms with Gasteiger partial charge in [-0.05, 0) is 80.3 Å². The predicted octanol–water partition coefficient (Wildman–Crippen LogP) is 7.13. The fourth-order valence-electron chi connectivity index (χ4n) is 5.97. The Bertz CT molecular complexity index is 1270. The number of benzene rings is 1. The second-order valence-electron chi connectivity index (χ2n) is 11.2. The summed E-state index contributed by atoms with van der Waals surface area (Å²) < 4.78 is 42.2. The van der Waals surface area contributed by atoms with Crippen LogP contribution in [0.15, 0.2) is 36.5 Å². The van der Waals surface area contributed by atoms with Crippen LogP contribution < -0.4 is 5.32 Å². The minimum atomic E-state index is -4.47. The first kappa shape index (κ1) is 28.1. The number of halogens is 3. The lowest BCUT2D eigenvalue weighted by molar-refractivity contribution is -0.138. The number of hydrogen-bond acceptors (Lipinski definition) is 6. The highest BCUT2D eigenvalue weighted by Gasteiger charge is 2.35. The molecule has 1 aromatic carbocycles. The molecule has 9 heteroatoms. The van der Waals surface area contributed by atoms with Crippen LogP contribution in [-0.2, 0) is 25.9 Å². The van der Waals surface area contributed by atoms with Crippen LogP contribution in [0, 0.1) is 18.8 Å². The van der Waals surface area contributed by atoms with E-state index in [1.165, 1.54) is 30.2 Å². The molecule has 1 saturated carbocycles. The number of rotatable bonds is 9. The number of nitrogens with zero attached hydrogens (tertiary/aromatic N) is 3. The number of aliphatic hydroxyl groups excluding tert-OH is 1. The summed E-state index contributed by atoms with van der Waals surface area (Å²) >= 11 is 1.52. The first-order chi connectivity index (χ1) is 18.7. The highest BCUT2D eigenvalue weighted by atomic mass is 32.1. The Labute approximate surface area is 232 Å². The molecular formula is C30H37F3N4OS. The molecule has 210 valence electrons. The summed E-state index contributed by atoms with van der Waals surface area (Å²) in [6.07, 6.45) is 2.80. The number of hydrogen-bond donors (Lipinski definition) is 2. The van der Waals surface area contributed by atoms with Gasteiger partial charge < -0.3 is 10.4 Å². The van der Waals surface area contributed by atoms with Crippen molar-refractivity contribution in [3.63, 3.8) is 0 Å². The first-order valence-corrected chi connectivity index (χ1v) is 14.7. The number of thiazole rings is 1. The molecule has 1 aliphatic carbocycles. The maximum Gasteiger partial charge on any atom is 0.418 e. The fraction of sp³-hybridized carbons (Fsp3) is 0.533. The van der Waals surface area contributed by atoms with Gasteiger partial charge in [0.25, 0.3) is 0 Å². The van der Waals surface area contributed by atoms with Crippen molar-refractivity contribution in [2.45, 2.75) is 77.7 Å². The molecule has 3 heterocycles. The molecule has 2 atom stereocenters. The Balaban J connectivity index is 1.34. The lowest BCUT2D eigenvalue weighted by Crippen LogP contribution is -2.33. The van der Waals surface area contributed by atoms with Gasteiger partial charge in [-0.15, -0.1) is 11.3 Å². The molecule has 0 amide bonds. The van der Waals surface area contributed by atoms with Gasteiger partial charge in [-0.3, -0.25) is 9.88 Å². The number of likely N-dealkylation sites (tertiary alicyclic amines) is 1. The van der Waals surface area contributed by atoms with Crippen LogP contribution in [0.4, 0.5) is 18.9 Å². The number of aryl methyl sites for hydroxylation is 1. The summed E-state index contributed by atoms with van der Waals surface area (Å²) in [4.78, 5) is 12.3. The van der Waals surface area contributed by atoms with E-state index >= 15 is 0 Å². The molecule has 1 aliphatic heterocycles. The van der Waals surface area contributed by atoms with Crippen molar-refractivity contribution in [2.24, 2.45) is 11.8 Å². The third-order valence-corrected chi connectivity index (χ3v) is 9.08. The van der Waals surface area contributed by atoms with E-state index in [1.54, 1.807) is 6.20 Å². The average Bonchev–Trinajstić information content (AvgIpc) is 3.25. The van der Waals surface area contributed by atoms with Gasteiger partial charge in [0, 0.05) is 35.8 Å². The van der Waals surface area contributed by atoms with Gasteiger partial charge in [0.05, 0.1) is 30.1 Å². The van der Waals surface area contributed by atoms with Crippen LogP contribution >= 0.6 is 11.3 Å². The largest absolute Gasteiger partial charge is 0.418 e. The van der Waals surface area contributed by atoms with E-state index in [0.717, 1.165) is 54.2 Å². The van der Waals surface area contributed by atoms with Crippen molar-refractivity contribution in [3.05, 3.63) is 74.5 Å². The van der Waals surface area contributed by atoms with Crippen LogP contribution in [0.5, 0.6) is 0 Å². The quantitative estimate of drug-likeness (QED) is 0.293. The molecular weight excluding hydrogens is 521 g/mol. The van der Waals surface area contributed by atoms with Crippen LogP contribution in [0.3, 0.4) is 0 Å². The zero-order valence-corrected chi connectivity index (χ0v) is 23.4. The van der Waals surface area contributed by atoms with E-state index in [2.05, 4.69) is 28.2 Å². The first-order valence-electron chi connectivity index (χ1n) is 13.9. The van der Waals surface area contributed by atoms with Crippen LogP contribution in [0.25, 0.3) is 0 Å². The van der Waals surface area contributed by atoms with Gasteiger partial charge in [-0.25, -0.2) is 4.98 Å². The minimum Gasteiger partial charge on any atom is -0.389 e. The van der Waals surface area contributed by atoms with Crippen LogP contribution in [0.1, 0.15) is 82.9 Å². The lowest BCUT2D eigenvalue weighted by Gasteiger charge is -2.34. The molecule has 3 aromatic rings. The molecule has 0 bridgehead atoms. The fourth-order valence-corrected chi connectivity index (χ4v) is 6.81. The molecule has 5 nitrogen and oxygen atoms in total. The van der Waals surface area contributed by atoms with Gasteiger partial charge in [0.15, 0.2) is 0 Å². The third kappa shape index (κ3) is 6.64. The molecule has 0 radical (unpaired) electrons. The van der Waals surface area contributed by atoms with Crippen molar-refractivity contribution in [3.8, 4) is 0 Å². The zero-order chi connectivity index (χ0) is 27.6. The van der Waals surface area contributed by atoms with Crippen molar-refractivity contribution < 1.29 is 18.3 Å². The van der Waals surface area contributed by atoms with Gasteiger partial charge >= 0.3 is 6.18 Å². The zero-order valence-electron chi connectivity index (χ0n) is 22.6. The van der Waals surface area contributed by atoms with Crippen molar-refractivity contribution in [1.29, 1.82) is 0 Å². The molecule has 1 saturated heterocycles. The highest BCUT2D eigenvalue weighted by Crippen LogP contribution is 2.45. The van der Waals surface area contributed by atoms with Gasteiger partial charge in [-0.2, -0.15) is 13.2 Å². The maximum absolute atomic E-state index is 14.1. The second-order valence-corrected chi connectivity index (χ2v) is 12.5. The molecule has 2 N–H and O–H groups in total. The standard InChI is InChI=1S/C30H37F3N4OS/c1-19-6-5-11-37(16-19)17-21-12-25(30(31,32)33)26(35-14-21)15-34-24-10-4-9-23(13-24)28(22-7-3-8-22)29-20(2)39-27(18-38)36-29/h4,9-10,12-14,19,22,28,34,38H,3,5-8,11,15-18H2,1-2H3/t19-,28?/m0/s1. The normalized spacial score (nSPS) is 19.6. The number of piperidine rings is 1. The molecule has 0 spiro atoms. The number of pyridine rings is 1. The van der Waals surface area contributed by atoms with E-state index in [0.29, 0.717) is 29.0 Å². The summed E-state index contributed by atoms with van der Waals surface area (Å²) in [5, 5.41) is 13.5. The summed E-state index contributed by atoms with van der Waals surface area (Å²) in [5.74, 6) is 1.15. The number of aromatic nitrogens is 2. The van der Waals surface area contributed by atoms with E-state index in [-0.39, 0.29) is 24.8 Å². The topological polar surface area (TPSA) is 61.3 Å². The third-order valence-electron chi connectivity index (χ3n) is 8.11. The number of alkyl halides is 3. The Kier molecular flexibility index (Phi) is 8.59. The maximum atomic E-state index is 14.1. The lowest BCUT2D eigenvalue weighted by atomic mass is 9.71. The Morgan fingerprint density at radius 3 is 2.67 bits per heavy atom. The highest BCUT2D eigenvalue weighted by molar-refractivity contribution is 7.11. The van der Waals surface area contributed by atoms with Crippen molar-refractivity contribution >= 4 is 17.0 Å². The SMILES string of the molecule is Cc1sc(CO)nc1C(c1cccc(NCc2ncc(CN3CCC[C@H](C)C3)cc2C(F)(F)F)c1)C1CCC1. The van der Waals surface area contributed by atoms with Crippen LogP contribution in [-0.4, -0.2) is 33.1 Å². The summed E-state index contributed by atoms with van der Waals surface area (Å²) in [5.41, 5.74) is 2.79. The van der Waals surface area contributed by atoms with Crippen LogP contribution in [0.2, 0.25) is 0 Å². The molecule has 1 unspecified atom stereocenters. The monoisotopic (exact) mass is 558 g/mol. The molecule has 2 aliphatic rings. The number of nitrogens with one attached hydrogen (secondary N) is 1. The van der Waals surface area contributed by atoms with E-state index in [1.807, 2.05) is 25.1 Å². The number of aliphatic hydroxyl groups is 1. The van der Waals surface area contributed by atoms with E-state index in [9.17, 15) is 18.3 Å². The minimum absolute atomic E-state index is 0.00198. The van der Waals surface area contributed by atoms with Crippen molar-refractivity contribution in [2.75, 3.05) is 18.4 Å². The summed E-state index contributed by atoms with van der Waals surface area (Å²) in [6.45, 7) is 6.45. The van der Waals surface area contributed by atoms with Gasteiger partial charge in [0.2, 0.25) is 0 Å². The van der Waals surface area contributed by atoms with Gasteiger partial charge in [0.1, 0.15) is 5.01 Å². The Hall–Kier alpha value is -2.49. The Morgan fingerprint density at radius 2 is 2.00 bits per heavy atom. The van der Waals surface area contributed by atoms with E-state index in [4.69, 9.17) is 4.98 Å². The molecule has 2 aromatic heterocycles. The summed E-state index contributed by atoms with van der Waals surface area (Å²) in [6, 6.07) is 9.20. The van der Waals surface area contributed by atoms with E-state index < -0.39 is 11.7 Å². The molecule has 39 heavy (non-hydrogen) atoms.